The molecule has 0 unspecified atom stereocenters. The molecule has 0 aliphatic carbocycles. The summed E-state index contributed by atoms with van der Waals surface area (Å²) in [6.45, 7) is 8.91. The third-order valence-corrected chi connectivity index (χ3v) is 3.70. The monoisotopic (exact) mass is 263 g/mol. The summed E-state index contributed by atoms with van der Waals surface area (Å²) < 4.78 is 5.88. The molecular formula is C15H25N3O. The van der Waals surface area contributed by atoms with E-state index in [1.54, 1.807) is 0 Å². The minimum atomic E-state index is 0.533. The maximum atomic E-state index is 5.88. The SMILES string of the molecule is Cc1ccc(OCCN2CCN(C)CC2)c(CN)c1. The standard InChI is InChI=1S/C15H25N3O/c1-13-3-4-15(14(11-13)12-16)19-10-9-18-7-5-17(2)6-8-18/h3-4,11H,5-10,12,16H2,1-2H3. The van der Waals surface area contributed by atoms with Gasteiger partial charge in [0.15, 0.2) is 0 Å². The lowest BCUT2D eigenvalue weighted by Crippen LogP contribution is -2.45. The maximum absolute atomic E-state index is 5.88. The topological polar surface area (TPSA) is 41.7 Å². The van der Waals surface area contributed by atoms with Crippen molar-refractivity contribution in [1.29, 1.82) is 0 Å². The van der Waals surface area contributed by atoms with E-state index in [-0.39, 0.29) is 0 Å². The second-order valence-electron chi connectivity index (χ2n) is 5.31. The molecule has 0 amide bonds. The lowest BCUT2D eigenvalue weighted by Gasteiger charge is -2.32. The molecule has 1 aromatic rings. The highest BCUT2D eigenvalue weighted by atomic mass is 16.5. The molecule has 0 saturated carbocycles. The number of piperazine rings is 1. The van der Waals surface area contributed by atoms with Gasteiger partial charge >= 0.3 is 0 Å². The van der Waals surface area contributed by atoms with Crippen molar-refractivity contribution in [3.63, 3.8) is 0 Å². The Balaban J connectivity index is 1.79. The van der Waals surface area contributed by atoms with Gasteiger partial charge in [0, 0.05) is 44.8 Å². The van der Waals surface area contributed by atoms with Crippen molar-refractivity contribution < 1.29 is 4.74 Å². The quantitative estimate of drug-likeness (QED) is 0.863. The Kier molecular flexibility index (Phi) is 5.19. The number of likely N-dealkylation sites (N-methyl/N-ethyl adjacent to an activating group) is 1. The van der Waals surface area contributed by atoms with Gasteiger partial charge in [-0.05, 0) is 20.0 Å². The van der Waals surface area contributed by atoms with Gasteiger partial charge < -0.3 is 15.4 Å². The van der Waals surface area contributed by atoms with Crippen molar-refractivity contribution >= 4 is 0 Å². The number of nitrogens with zero attached hydrogens (tertiary/aromatic N) is 2. The van der Waals surface area contributed by atoms with Crippen molar-refractivity contribution in [2.45, 2.75) is 13.5 Å². The first kappa shape index (κ1) is 14.3. The molecule has 106 valence electrons. The second-order valence-corrected chi connectivity index (χ2v) is 5.31. The molecule has 19 heavy (non-hydrogen) atoms. The van der Waals surface area contributed by atoms with Crippen LogP contribution >= 0.6 is 0 Å². The smallest absolute Gasteiger partial charge is 0.123 e. The van der Waals surface area contributed by atoms with Gasteiger partial charge in [-0.15, -0.1) is 0 Å². The van der Waals surface area contributed by atoms with Crippen molar-refractivity contribution in [2.75, 3.05) is 46.4 Å². The highest BCUT2D eigenvalue weighted by molar-refractivity contribution is 5.36. The van der Waals surface area contributed by atoms with Crippen molar-refractivity contribution in [2.24, 2.45) is 5.73 Å². The van der Waals surface area contributed by atoms with Crippen LogP contribution in [0, 0.1) is 6.92 Å². The first-order valence-corrected chi connectivity index (χ1v) is 7.02. The van der Waals surface area contributed by atoms with Gasteiger partial charge in [-0.1, -0.05) is 17.7 Å². The molecule has 0 radical (unpaired) electrons. The van der Waals surface area contributed by atoms with Crippen molar-refractivity contribution in [3.05, 3.63) is 29.3 Å². The average Bonchev–Trinajstić information content (AvgIpc) is 2.42. The largest absolute Gasteiger partial charge is 0.492 e. The molecule has 0 bridgehead atoms. The van der Waals surface area contributed by atoms with Crippen LogP contribution in [0.4, 0.5) is 0 Å². The highest BCUT2D eigenvalue weighted by Crippen LogP contribution is 2.19. The Bertz CT molecular complexity index is 400. The molecule has 4 heteroatoms. The van der Waals surface area contributed by atoms with Crippen LogP contribution in [0.25, 0.3) is 0 Å². The fraction of sp³-hybridized carbons (Fsp3) is 0.600. The summed E-state index contributed by atoms with van der Waals surface area (Å²) in [6, 6.07) is 6.21. The molecule has 1 saturated heterocycles. The van der Waals surface area contributed by atoms with E-state index in [2.05, 4.69) is 35.9 Å². The number of benzene rings is 1. The first-order chi connectivity index (χ1) is 9.19. The van der Waals surface area contributed by atoms with Crippen LogP contribution in [0.5, 0.6) is 5.75 Å². The Morgan fingerprint density at radius 2 is 1.95 bits per heavy atom. The van der Waals surface area contributed by atoms with E-state index in [0.29, 0.717) is 6.54 Å². The predicted molar refractivity (Wildman–Crippen MR) is 78.5 cm³/mol. The minimum Gasteiger partial charge on any atom is -0.492 e. The summed E-state index contributed by atoms with van der Waals surface area (Å²) in [5, 5.41) is 0. The number of hydrogen-bond donors (Lipinski definition) is 1. The second kappa shape index (κ2) is 6.89. The summed E-state index contributed by atoms with van der Waals surface area (Å²) >= 11 is 0. The third kappa shape index (κ3) is 4.20. The molecule has 2 N–H and O–H groups in total. The number of aryl methyl sites for hydroxylation is 1. The highest BCUT2D eigenvalue weighted by Gasteiger charge is 2.13. The van der Waals surface area contributed by atoms with Crippen LogP contribution in [0.15, 0.2) is 18.2 Å². The predicted octanol–water partition coefficient (Wildman–Crippen LogP) is 1.08. The van der Waals surface area contributed by atoms with Gasteiger partial charge in [-0.25, -0.2) is 0 Å². The van der Waals surface area contributed by atoms with Crippen LogP contribution in [-0.4, -0.2) is 56.2 Å². The van der Waals surface area contributed by atoms with Crippen LogP contribution in [-0.2, 0) is 6.54 Å². The number of ether oxygens (including phenoxy) is 1. The number of hydrogen-bond acceptors (Lipinski definition) is 4. The van der Waals surface area contributed by atoms with Crippen LogP contribution < -0.4 is 10.5 Å². The van der Waals surface area contributed by atoms with E-state index >= 15 is 0 Å². The Labute approximate surface area is 116 Å². The number of nitrogens with two attached hydrogens (primary N) is 1. The van der Waals surface area contributed by atoms with E-state index in [0.717, 1.165) is 50.6 Å². The third-order valence-electron chi connectivity index (χ3n) is 3.70. The minimum absolute atomic E-state index is 0.533. The fourth-order valence-electron chi connectivity index (χ4n) is 2.36. The Morgan fingerprint density at radius 1 is 1.21 bits per heavy atom. The molecule has 1 fully saturated rings. The lowest BCUT2D eigenvalue weighted by atomic mass is 10.1. The van der Waals surface area contributed by atoms with E-state index in [9.17, 15) is 0 Å². The molecule has 0 spiro atoms. The van der Waals surface area contributed by atoms with Crippen molar-refractivity contribution in [1.82, 2.24) is 9.80 Å². The molecule has 0 aromatic heterocycles. The van der Waals surface area contributed by atoms with Crippen LogP contribution in [0.2, 0.25) is 0 Å². The zero-order chi connectivity index (χ0) is 13.7. The summed E-state index contributed by atoms with van der Waals surface area (Å²) in [5.74, 6) is 0.933. The number of rotatable bonds is 5. The van der Waals surface area contributed by atoms with Gasteiger partial charge in [0.2, 0.25) is 0 Å². The fourth-order valence-corrected chi connectivity index (χ4v) is 2.36. The zero-order valence-electron chi connectivity index (χ0n) is 12.1. The average molecular weight is 263 g/mol. The van der Waals surface area contributed by atoms with E-state index in [1.807, 2.05) is 6.07 Å². The molecule has 0 atom stereocenters. The summed E-state index contributed by atoms with van der Waals surface area (Å²) in [7, 11) is 2.17. The molecular weight excluding hydrogens is 238 g/mol. The maximum Gasteiger partial charge on any atom is 0.123 e. The van der Waals surface area contributed by atoms with Gasteiger partial charge in [0.05, 0.1) is 0 Å². The van der Waals surface area contributed by atoms with E-state index in [1.165, 1.54) is 5.56 Å². The summed E-state index contributed by atoms with van der Waals surface area (Å²) in [4.78, 5) is 4.82. The van der Waals surface area contributed by atoms with Gasteiger partial charge in [-0.3, -0.25) is 4.90 Å². The van der Waals surface area contributed by atoms with Gasteiger partial charge in [0.25, 0.3) is 0 Å². The lowest BCUT2D eigenvalue weighted by molar-refractivity contribution is 0.133. The van der Waals surface area contributed by atoms with Crippen LogP contribution in [0.3, 0.4) is 0 Å². The van der Waals surface area contributed by atoms with Crippen LogP contribution in [0.1, 0.15) is 11.1 Å². The molecule has 1 aromatic carbocycles. The van der Waals surface area contributed by atoms with E-state index < -0.39 is 0 Å². The molecule has 1 aliphatic rings. The summed E-state index contributed by atoms with van der Waals surface area (Å²) in [6.07, 6.45) is 0. The summed E-state index contributed by atoms with van der Waals surface area (Å²) in [5.41, 5.74) is 8.08. The van der Waals surface area contributed by atoms with E-state index in [4.69, 9.17) is 10.5 Å². The Hall–Kier alpha value is -1.10. The van der Waals surface area contributed by atoms with Gasteiger partial charge in [0.1, 0.15) is 12.4 Å². The van der Waals surface area contributed by atoms with Crippen molar-refractivity contribution in [3.8, 4) is 5.75 Å². The molecule has 1 heterocycles. The normalized spacial score (nSPS) is 17.6. The van der Waals surface area contributed by atoms with Gasteiger partial charge in [-0.2, -0.15) is 0 Å². The molecule has 1 aliphatic heterocycles. The Morgan fingerprint density at radius 3 is 2.63 bits per heavy atom. The first-order valence-electron chi connectivity index (χ1n) is 7.02. The molecule has 2 rings (SSSR count). The zero-order valence-corrected chi connectivity index (χ0v) is 12.1. The molecule has 4 nitrogen and oxygen atoms in total.